The molecule has 0 bridgehead atoms. The quantitative estimate of drug-likeness (QED) is 0.863. The molecule has 6 heteroatoms. The van der Waals surface area contributed by atoms with E-state index >= 15 is 0 Å². The first-order chi connectivity index (χ1) is 14.0. The molecule has 2 atom stereocenters. The van der Waals surface area contributed by atoms with E-state index in [1.807, 2.05) is 47.4 Å². The van der Waals surface area contributed by atoms with Gasteiger partial charge in [0.25, 0.3) is 5.91 Å². The second-order valence-electron chi connectivity index (χ2n) is 8.74. The number of β-amino-alcohol motifs (C(OH)–C–C–N with tert-alkyl or cyclic N) is 1. The van der Waals surface area contributed by atoms with E-state index in [1.165, 1.54) is 12.1 Å². The van der Waals surface area contributed by atoms with Gasteiger partial charge < -0.3 is 10.0 Å². The Morgan fingerprint density at radius 2 is 1.76 bits per heavy atom. The first-order valence-corrected chi connectivity index (χ1v) is 10.3. The summed E-state index contributed by atoms with van der Waals surface area (Å²) >= 11 is 0. The van der Waals surface area contributed by atoms with Crippen LogP contribution in [0.2, 0.25) is 0 Å². The molecule has 3 heterocycles. The standard InChI is InChI=1S/C23H26FN3O2/c24-19-8-6-17(7-9-19)11-25-14-23(15-25)16-26(12-20-10-21(28)13-27(20)23)22(29)18-4-2-1-3-5-18/h1-9,20-21,28H,10-16H2/t20-,21+/m0/s1. The fraction of sp³-hybridized carbons (Fsp3) is 0.435. The SMILES string of the molecule is O=C(c1ccccc1)N1C[C@@H]2C[C@@H](O)CN2C2(CN(Cc3ccc(F)cc3)C2)C1. The molecule has 2 aromatic rings. The Labute approximate surface area is 170 Å². The molecule has 0 saturated carbocycles. The Morgan fingerprint density at radius 1 is 1.03 bits per heavy atom. The zero-order valence-electron chi connectivity index (χ0n) is 16.4. The molecule has 3 fully saturated rings. The van der Waals surface area contributed by atoms with Crippen molar-refractivity contribution in [2.24, 2.45) is 0 Å². The molecule has 1 spiro atoms. The van der Waals surface area contributed by atoms with Crippen LogP contribution < -0.4 is 0 Å². The van der Waals surface area contributed by atoms with Gasteiger partial charge in [0, 0.05) is 50.9 Å². The van der Waals surface area contributed by atoms with Crippen LogP contribution in [0.3, 0.4) is 0 Å². The van der Waals surface area contributed by atoms with Crippen molar-refractivity contribution in [3.63, 3.8) is 0 Å². The zero-order chi connectivity index (χ0) is 20.0. The van der Waals surface area contributed by atoms with Crippen LogP contribution in [0.15, 0.2) is 54.6 Å². The topological polar surface area (TPSA) is 47.0 Å². The molecule has 0 radical (unpaired) electrons. The normalized spacial score (nSPS) is 26.3. The molecule has 2 aromatic carbocycles. The maximum Gasteiger partial charge on any atom is 0.253 e. The highest BCUT2D eigenvalue weighted by atomic mass is 19.1. The minimum Gasteiger partial charge on any atom is -0.392 e. The van der Waals surface area contributed by atoms with E-state index in [-0.39, 0.29) is 29.4 Å². The number of fused-ring (bicyclic) bond motifs is 2. The van der Waals surface area contributed by atoms with E-state index in [0.29, 0.717) is 19.6 Å². The number of nitrogens with zero attached hydrogens (tertiary/aromatic N) is 3. The summed E-state index contributed by atoms with van der Waals surface area (Å²) in [6.07, 6.45) is 0.396. The molecule has 0 unspecified atom stereocenters. The van der Waals surface area contributed by atoms with Crippen LogP contribution in [0.4, 0.5) is 4.39 Å². The van der Waals surface area contributed by atoms with E-state index in [0.717, 1.165) is 37.2 Å². The highest BCUT2D eigenvalue weighted by Crippen LogP contribution is 2.39. The summed E-state index contributed by atoms with van der Waals surface area (Å²) in [7, 11) is 0. The lowest BCUT2D eigenvalue weighted by atomic mass is 9.83. The molecule has 3 aliphatic heterocycles. The Kier molecular flexibility index (Phi) is 4.65. The summed E-state index contributed by atoms with van der Waals surface area (Å²) in [5, 5.41) is 10.3. The molecule has 0 aliphatic carbocycles. The second kappa shape index (κ2) is 7.20. The van der Waals surface area contributed by atoms with Gasteiger partial charge in [-0.25, -0.2) is 4.39 Å². The van der Waals surface area contributed by atoms with E-state index in [2.05, 4.69) is 9.80 Å². The number of hydrogen-bond donors (Lipinski definition) is 1. The molecular formula is C23H26FN3O2. The van der Waals surface area contributed by atoms with Crippen molar-refractivity contribution in [2.45, 2.75) is 30.7 Å². The summed E-state index contributed by atoms with van der Waals surface area (Å²) in [4.78, 5) is 19.9. The van der Waals surface area contributed by atoms with Gasteiger partial charge >= 0.3 is 0 Å². The lowest BCUT2D eigenvalue weighted by molar-refractivity contribution is -0.108. The van der Waals surface area contributed by atoms with Gasteiger partial charge in [-0.1, -0.05) is 30.3 Å². The first kappa shape index (κ1) is 18.7. The highest BCUT2D eigenvalue weighted by molar-refractivity contribution is 5.94. The fourth-order valence-corrected chi connectivity index (χ4v) is 5.36. The fourth-order valence-electron chi connectivity index (χ4n) is 5.36. The number of amides is 1. The Bertz CT molecular complexity index is 883. The maximum absolute atomic E-state index is 13.2. The third kappa shape index (κ3) is 3.45. The number of piperazine rings is 1. The van der Waals surface area contributed by atoms with E-state index in [4.69, 9.17) is 0 Å². The predicted octanol–water partition coefficient (Wildman–Crippen LogP) is 1.97. The van der Waals surface area contributed by atoms with Gasteiger partial charge in [-0.3, -0.25) is 14.6 Å². The van der Waals surface area contributed by atoms with Crippen LogP contribution in [0, 0.1) is 5.82 Å². The summed E-state index contributed by atoms with van der Waals surface area (Å²) in [6, 6.07) is 16.3. The summed E-state index contributed by atoms with van der Waals surface area (Å²) in [6.45, 7) is 4.52. The number of carbonyl (C=O) groups excluding carboxylic acids is 1. The second-order valence-corrected chi connectivity index (χ2v) is 8.74. The average Bonchev–Trinajstić information content (AvgIpc) is 3.09. The highest BCUT2D eigenvalue weighted by Gasteiger charge is 2.56. The number of aliphatic hydroxyl groups is 1. The van der Waals surface area contributed by atoms with Crippen LogP contribution in [0.1, 0.15) is 22.3 Å². The summed E-state index contributed by atoms with van der Waals surface area (Å²) < 4.78 is 13.2. The zero-order valence-corrected chi connectivity index (χ0v) is 16.4. The molecular weight excluding hydrogens is 369 g/mol. The Hall–Kier alpha value is -2.28. The van der Waals surface area contributed by atoms with Crippen molar-refractivity contribution < 1.29 is 14.3 Å². The van der Waals surface area contributed by atoms with Crippen LogP contribution in [-0.2, 0) is 6.54 Å². The van der Waals surface area contributed by atoms with Crippen molar-refractivity contribution in [3.05, 3.63) is 71.5 Å². The van der Waals surface area contributed by atoms with Gasteiger partial charge in [-0.05, 0) is 36.2 Å². The van der Waals surface area contributed by atoms with Gasteiger partial charge in [-0.15, -0.1) is 0 Å². The predicted molar refractivity (Wildman–Crippen MR) is 108 cm³/mol. The van der Waals surface area contributed by atoms with Crippen molar-refractivity contribution in [1.82, 2.24) is 14.7 Å². The molecule has 3 aliphatic rings. The van der Waals surface area contributed by atoms with Gasteiger partial charge in [0.2, 0.25) is 0 Å². The van der Waals surface area contributed by atoms with Crippen LogP contribution >= 0.6 is 0 Å². The van der Waals surface area contributed by atoms with Crippen LogP contribution in [-0.4, -0.2) is 76.1 Å². The molecule has 152 valence electrons. The number of hydrogen-bond acceptors (Lipinski definition) is 4. The Balaban J connectivity index is 1.32. The number of aliphatic hydroxyl groups excluding tert-OH is 1. The lowest BCUT2D eigenvalue weighted by Crippen LogP contribution is -2.78. The molecule has 5 nitrogen and oxygen atoms in total. The molecule has 1 amide bonds. The molecule has 3 saturated heterocycles. The molecule has 5 rings (SSSR count). The van der Waals surface area contributed by atoms with Gasteiger partial charge in [0.1, 0.15) is 5.82 Å². The number of rotatable bonds is 3. The molecule has 29 heavy (non-hydrogen) atoms. The maximum atomic E-state index is 13.2. The molecule has 1 N–H and O–H groups in total. The van der Waals surface area contributed by atoms with Crippen LogP contribution in [0.5, 0.6) is 0 Å². The van der Waals surface area contributed by atoms with Gasteiger partial charge in [0.15, 0.2) is 0 Å². The van der Waals surface area contributed by atoms with Crippen LogP contribution in [0.25, 0.3) is 0 Å². The summed E-state index contributed by atoms with van der Waals surface area (Å²) in [5.41, 5.74) is 1.70. The number of halogens is 1. The largest absolute Gasteiger partial charge is 0.392 e. The smallest absolute Gasteiger partial charge is 0.253 e. The van der Waals surface area contributed by atoms with Crippen molar-refractivity contribution in [1.29, 1.82) is 0 Å². The number of likely N-dealkylation sites (tertiary alicyclic amines) is 1. The summed E-state index contributed by atoms with van der Waals surface area (Å²) in [5.74, 6) is -0.145. The third-order valence-corrected chi connectivity index (χ3v) is 6.58. The average molecular weight is 395 g/mol. The van der Waals surface area contributed by atoms with E-state index in [9.17, 15) is 14.3 Å². The van der Waals surface area contributed by atoms with Gasteiger partial charge in [0.05, 0.1) is 11.6 Å². The third-order valence-electron chi connectivity index (χ3n) is 6.58. The monoisotopic (exact) mass is 395 g/mol. The number of carbonyl (C=O) groups is 1. The van der Waals surface area contributed by atoms with Crippen molar-refractivity contribution >= 4 is 5.91 Å². The lowest BCUT2D eigenvalue weighted by Gasteiger charge is -2.61. The Morgan fingerprint density at radius 3 is 2.48 bits per heavy atom. The van der Waals surface area contributed by atoms with Gasteiger partial charge in [-0.2, -0.15) is 0 Å². The molecule has 0 aromatic heterocycles. The van der Waals surface area contributed by atoms with E-state index < -0.39 is 0 Å². The first-order valence-electron chi connectivity index (χ1n) is 10.3. The van der Waals surface area contributed by atoms with Crippen molar-refractivity contribution in [2.75, 3.05) is 32.7 Å². The minimum absolute atomic E-state index is 0.0722. The van der Waals surface area contributed by atoms with Crippen molar-refractivity contribution in [3.8, 4) is 0 Å². The number of benzene rings is 2. The minimum atomic E-state index is -0.324. The van der Waals surface area contributed by atoms with E-state index in [1.54, 1.807) is 0 Å².